The minimum atomic E-state index is -0.581. The zero-order valence-corrected chi connectivity index (χ0v) is 17.7. The summed E-state index contributed by atoms with van der Waals surface area (Å²) in [6.45, 7) is 3.30. The molecule has 31 heavy (non-hydrogen) atoms. The number of amides is 2. The molecule has 2 aromatic rings. The van der Waals surface area contributed by atoms with Crippen molar-refractivity contribution in [2.75, 3.05) is 22.1 Å². The van der Waals surface area contributed by atoms with E-state index >= 15 is 0 Å². The van der Waals surface area contributed by atoms with Crippen molar-refractivity contribution < 1.29 is 28.7 Å². The fourth-order valence-electron chi connectivity index (χ4n) is 3.17. The molecular formula is C22H20N2O6S. The van der Waals surface area contributed by atoms with Crippen molar-refractivity contribution in [3.8, 4) is 11.5 Å². The lowest BCUT2D eigenvalue weighted by Crippen LogP contribution is -2.34. The maximum absolute atomic E-state index is 12.5. The Labute approximate surface area is 182 Å². The van der Waals surface area contributed by atoms with Crippen LogP contribution in [0.4, 0.5) is 11.4 Å². The first kappa shape index (κ1) is 20.9. The number of carbonyl (C=O) groups is 4. The Morgan fingerprint density at radius 1 is 0.806 bits per heavy atom. The van der Waals surface area contributed by atoms with E-state index in [2.05, 4.69) is 10.6 Å². The van der Waals surface area contributed by atoms with E-state index in [1.165, 1.54) is 11.8 Å². The summed E-state index contributed by atoms with van der Waals surface area (Å²) in [4.78, 5) is 48.5. The van der Waals surface area contributed by atoms with Gasteiger partial charge in [0.1, 0.15) is 11.5 Å². The Balaban J connectivity index is 1.34. The summed E-state index contributed by atoms with van der Waals surface area (Å²) in [5.41, 5.74) is 1.78. The molecular weight excluding hydrogens is 420 g/mol. The quantitative estimate of drug-likeness (QED) is 0.665. The fraction of sp³-hybridized carbons (Fsp3) is 0.273. The van der Waals surface area contributed by atoms with Crippen molar-refractivity contribution >= 4 is 46.5 Å². The molecule has 0 bridgehead atoms. The third-order valence-electron chi connectivity index (χ3n) is 4.93. The maximum atomic E-state index is 12.5. The van der Waals surface area contributed by atoms with Crippen molar-refractivity contribution in [1.29, 1.82) is 0 Å². The van der Waals surface area contributed by atoms with Crippen LogP contribution in [0.1, 0.15) is 34.6 Å². The van der Waals surface area contributed by atoms with Gasteiger partial charge in [-0.15, -0.1) is 11.8 Å². The lowest BCUT2D eigenvalue weighted by atomic mass is 10.1. The van der Waals surface area contributed by atoms with E-state index in [1.807, 2.05) is 0 Å². The van der Waals surface area contributed by atoms with E-state index in [9.17, 15) is 19.2 Å². The minimum absolute atomic E-state index is 0.109. The van der Waals surface area contributed by atoms with Crippen molar-refractivity contribution in [1.82, 2.24) is 0 Å². The van der Waals surface area contributed by atoms with Crippen LogP contribution in [0.25, 0.3) is 0 Å². The van der Waals surface area contributed by atoms with Gasteiger partial charge in [0.2, 0.25) is 0 Å². The molecule has 8 nitrogen and oxygen atoms in total. The average Bonchev–Trinajstić information content (AvgIpc) is 2.74. The molecule has 2 heterocycles. The number of nitrogens with one attached hydrogen (secondary N) is 2. The SMILES string of the molecule is CC1Oc2ccc(C(=O)CSCC(=O)c3ccc4c(c3)NC(=O)C(C)O4)cc2NC1=O. The number of rotatable bonds is 6. The zero-order chi connectivity index (χ0) is 22.1. The van der Waals surface area contributed by atoms with Crippen LogP contribution >= 0.6 is 11.8 Å². The first-order valence-corrected chi connectivity index (χ1v) is 10.8. The Morgan fingerprint density at radius 2 is 1.23 bits per heavy atom. The van der Waals surface area contributed by atoms with E-state index in [1.54, 1.807) is 50.2 Å². The Hall–Kier alpha value is -3.33. The second kappa shape index (κ2) is 8.43. The number of ether oxygens (including phenoxy) is 2. The van der Waals surface area contributed by atoms with Crippen molar-refractivity contribution in [3.63, 3.8) is 0 Å². The van der Waals surface area contributed by atoms with Crippen LogP contribution in [-0.2, 0) is 9.59 Å². The number of ketones is 2. The second-order valence-corrected chi connectivity index (χ2v) is 8.25. The summed E-state index contributed by atoms with van der Waals surface area (Å²) in [6.07, 6.45) is -1.16. The van der Waals surface area contributed by atoms with E-state index in [4.69, 9.17) is 9.47 Å². The standard InChI is InChI=1S/C22H20N2O6S/c1-11-21(27)23-15-7-13(3-5-19(15)29-11)17(25)9-31-10-18(26)14-4-6-20-16(8-14)24-22(28)12(2)30-20/h3-8,11-12H,9-10H2,1-2H3,(H,23,27)(H,24,28). The highest BCUT2D eigenvalue weighted by Gasteiger charge is 2.25. The number of anilines is 2. The number of fused-ring (bicyclic) bond motifs is 2. The maximum Gasteiger partial charge on any atom is 0.265 e. The minimum Gasteiger partial charge on any atom is -0.479 e. The molecule has 9 heteroatoms. The Bertz CT molecular complexity index is 1010. The lowest BCUT2D eigenvalue weighted by molar-refractivity contribution is -0.123. The number of hydrogen-bond donors (Lipinski definition) is 2. The molecule has 2 atom stereocenters. The summed E-state index contributed by atoms with van der Waals surface area (Å²) in [7, 11) is 0. The van der Waals surface area contributed by atoms with Crippen molar-refractivity contribution in [3.05, 3.63) is 47.5 Å². The molecule has 2 aliphatic rings. The van der Waals surface area contributed by atoms with Crippen molar-refractivity contribution in [2.24, 2.45) is 0 Å². The smallest absolute Gasteiger partial charge is 0.265 e. The summed E-state index contributed by atoms with van der Waals surface area (Å²) in [6, 6.07) is 9.74. The molecule has 4 rings (SSSR count). The number of hydrogen-bond acceptors (Lipinski definition) is 7. The van der Waals surface area contributed by atoms with Gasteiger partial charge in [-0.05, 0) is 50.2 Å². The van der Waals surface area contributed by atoms with Gasteiger partial charge in [0.05, 0.1) is 22.9 Å². The van der Waals surface area contributed by atoms with Gasteiger partial charge < -0.3 is 20.1 Å². The molecule has 2 aromatic carbocycles. The molecule has 2 amide bonds. The molecule has 0 saturated heterocycles. The number of benzene rings is 2. The van der Waals surface area contributed by atoms with Gasteiger partial charge in [-0.2, -0.15) is 0 Å². The number of thioether (sulfide) groups is 1. The first-order valence-electron chi connectivity index (χ1n) is 9.69. The molecule has 0 spiro atoms. The number of Topliss-reactive ketones (excluding diaryl/α,β-unsaturated/α-hetero) is 2. The molecule has 2 unspecified atom stereocenters. The summed E-state index contributed by atoms with van der Waals surface area (Å²) < 4.78 is 11.0. The van der Waals surface area contributed by atoms with Crippen molar-refractivity contribution in [2.45, 2.75) is 26.1 Å². The molecule has 0 radical (unpaired) electrons. The van der Waals surface area contributed by atoms with Gasteiger partial charge in [0.15, 0.2) is 23.8 Å². The molecule has 0 aromatic heterocycles. The summed E-state index contributed by atoms with van der Waals surface area (Å²) >= 11 is 1.20. The predicted octanol–water partition coefficient (Wildman–Crippen LogP) is 2.92. The first-order chi connectivity index (χ1) is 14.8. The van der Waals surface area contributed by atoms with Crippen LogP contribution in [0.3, 0.4) is 0 Å². The Morgan fingerprint density at radius 3 is 1.65 bits per heavy atom. The van der Waals surface area contributed by atoms with Gasteiger partial charge in [-0.3, -0.25) is 19.2 Å². The van der Waals surface area contributed by atoms with Crippen LogP contribution < -0.4 is 20.1 Å². The molecule has 160 valence electrons. The van der Waals surface area contributed by atoms with Crippen LogP contribution in [0, 0.1) is 0 Å². The van der Waals surface area contributed by atoms with Crippen LogP contribution in [-0.4, -0.2) is 47.1 Å². The van der Waals surface area contributed by atoms with Gasteiger partial charge in [0, 0.05) is 11.1 Å². The average molecular weight is 440 g/mol. The highest BCUT2D eigenvalue weighted by molar-refractivity contribution is 8.00. The molecule has 0 aliphatic carbocycles. The topological polar surface area (TPSA) is 111 Å². The Kier molecular flexibility index (Phi) is 5.69. The predicted molar refractivity (Wildman–Crippen MR) is 116 cm³/mol. The highest BCUT2D eigenvalue weighted by Crippen LogP contribution is 2.32. The highest BCUT2D eigenvalue weighted by atomic mass is 32.2. The summed E-state index contributed by atoms with van der Waals surface area (Å²) in [5.74, 6) is 0.406. The lowest BCUT2D eigenvalue weighted by Gasteiger charge is -2.23. The third kappa shape index (κ3) is 4.41. The molecule has 2 N–H and O–H groups in total. The van der Waals surface area contributed by atoms with Gasteiger partial charge >= 0.3 is 0 Å². The fourth-order valence-corrected chi connectivity index (χ4v) is 3.97. The van der Waals surface area contributed by atoms with Gasteiger partial charge in [-0.1, -0.05) is 0 Å². The van der Waals surface area contributed by atoms with E-state index in [0.717, 1.165) is 0 Å². The van der Waals surface area contributed by atoms with Crippen LogP contribution in [0.5, 0.6) is 11.5 Å². The normalized spacial score (nSPS) is 19.2. The van der Waals surface area contributed by atoms with Crippen LogP contribution in [0.2, 0.25) is 0 Å². The van der Waals surface area contributed by atoms with E-state index in [0.29, 0.717) is 34.0 Å². The monoisotopic (exact) mass is 440 g/mol. The third-order valence-corrected chi connectivity index (χ3v) is 5.86. The zero-order valence-electron chi connectivity index (χ0n) is 16.9. The largest absolute Gasteiger partial charge is 0.479 e. The second-order valence-electron chi connectivity index (χ2n) is 7.26. The van der Waals surface area contributed by atoms with E-state index < -0.39 is 12.2 Å². The van der Waals surface area contributed by atoms with Gasteiger partial charge in [0.25, 0.3) is 11.8 Å². The van der Waals surface area contributed by atoms with E-state index in [-0.39, 0.29) is 34.9 Å². The van der Waals surface area contributed by atoms with Crippen LogP contribution in [0.15, 0.2) is 36.4 Å². The number of carbonyl (C=O) groups excluding carboxylic acids is 4. The summed E-state index contributed by atoms with van der Waals surface area (Å²) in [5, 5.41) is 5.43. The molecule has 0 fully saturated rings. The molecule has 2 aliphatic heterocycles. The molecule has 0 saturated carbocycles. The van der Waals surface area contributed by atoms with Gasteiger partial charge in [-0.25, -0.2) is 0 Å².